The zero-order valence-electron chi connectivity index (χ0n) is 11.1. The average Bonchev–Trinajstić information content (AvgIpc) is 2.35. The normalized spacial score (nSPS) is 13.6. The molecule has 102 valence electrons. The second-order valence-electron chi connectivity index (χ2n) is 4.91. The van der Waals surface area contributed by atoms with Crippen molar-refractivity contribution < 1.29 is 8.42 Å². The van der Waals surface area contributed by atoms with Crippen molar-refractivity contribution in [3.05, 3.63) is 41.6 Å². The first-order chi connectivity index (χ1) is 8.87. The Bertz CT molecular complexity index is 696. The van der Waals surface area contributed by atoms with Crippen molar-refractivity contribution in [1.29, 1.82) is 0 Å². The molecule has 1 aromatic heterocycles. The molecule has 0 saturated heterocycles. The number of aromatic nitrogens is 1. The molecule has 0 aliphatic heterocycles. The van der Waals surface area contributed by atoms with Crippen molar-refractivity contribution in [2.45, 2.75) is 19.4 Å². The van der Waals surface area contributed by atoms with Crippen molar-refractivity contribution >= 4 is 20.7 Å². The molecule has 2 aromatic rings. The highest BCUT2D eigenvalue weighted by atomic mass is 32.2. The maximum Gasteiger partial charge on any atom is 0.147 e. The molecule has 5 heteroatoms. The smallest absolute Gasteiger partial charge is 0.147 e. The molecule has 0 spiro atoms. The molecular formula is C14H18N2O2S. The number of benzene rings is 1. The summed E-state index contributed by atoms with van der Waals surface area (Å²) in [5.74, 6) is 0.0850. The van der Waals surface area contributed by atoms with Gasteiger partial charge in [0.05, 0.1) is 17.0 Å². The zero-order valence-corrected chi connectivity index (χ0v) is 11.9. The van der Waals surface area contributed by atoms with Crippen LogP contribution in [0.5, 0.6) is 0 Å². The molecule has 2 rings (SSSR count). The van der Waals surface area contributed by atoms with Crippen LogP contribution in [0.2, 0.25) is 0 Å². The number of nitrogens with zero attached hydrogens (tertiary/aromatic N) is 1. The van der Waals surface area contributed by atoms with Gasteiger partial charge in [-0.15, -0.1) is 0 Å². The van der Waals surface area contributed by atoms with Gasteiger partial charge < -0.3 is 5.73 Å². The Balaban J connectivity index is 2.30. The van der Waals surface area contributed by atoms with Crippen LogP contribution in [0.3, 0.4) is 0 Å². The van der Waals surface area contributed by atoms with E-state index in [2.05, 4.69) is 4.98 Å². The van der Waals surface area contributed by atoms with E-state index in [1.54, 1.807) is 0 Å². The minimum Gasteiger partial charge on any atom is -0.323 e. The van der Waals surface area contributed by atoms with E-state index >= 15 is 0 Å². The topological polar surface area (TPSA) is 73.1 Å². The second-order valence-corrected chi connectivity index (χ2v) is 7.17. The molecule has 2 N–H and O–H groups in total. The summed E-state index contributed by atoms with van der Waals surface area (Å²) in [5, 5.41) is 1.10. The second kappa shape index (κ2) is 5.27. The third-order valence-electron chi connectivity index (χ3n) is 3.12. The van der Waals surface area contributed by atoms with Crippen molar-refractivity contribution in [2.24, 2.45) is 5.73 Å². The minimum atomic E-state index is -2.99. The van der Waals surface area contributed by atoms with Gasteiger partial charge in [0, 0.05) is 17.7 Å². The van der Waals surface area contributed by atoms with Crippen LogP contribution < -0.4 is 5.73 Å². The number of hydrogen-bond acceptors (Lipinski definition) is 4. The average molecular weight is 278 g/mol. The van der Waals surface area contributed by atoms with Crippen LogP contribution in [0.1, 0.15) is 23.7 Å². The lowest BCUT2D eigenvalue weighted by molar-refractivity contribution is 0.590. The zero-order chi connectivity index (χ0) is 14.0. The Morgan fingerprint density at radius 3 is 2.68 bits per heavy atom. The van der Waals surface area contributed by atoms with Crippen LogP contribution in [0.15, 0.2) is 30.3 Å². The molecule has 1 aromatic carbocycles. The third kappa shape index (κ3) is 3.52. The van der Waals surface area contributed by atoms with Gasteiger partial charge in [0.1, 0.15) is 9.84 Å². The fourth-order valence-corrected chi connectivity index (χ4v) is 2.74. The molecule has 0 fully saturated rings. The van der Waals surface area contributed by atoms with Gasteiger partial charge in [0.2, 0.25) is 0 Å². The van der Waals surface area contributed by atoms with Crippen LogP contribution >= 0.6 is 0 Å². The Kier molecular flexibility index (Phi) is 3.87. The lowest BCUT2D eigenvalue weighted by Gasteiger charge is -2.13. The van der Waals surface area contributed by atoms with E-state index < -0.39 is 9.84 Å². The van der Waals surface area contributed by atoms with Gasteiger partial charge in [-0.1, -0.05) is 18.2 Å². The summed E-state index contributed by atoms with van der Waals surface area (Å²) >= 11 is 0. The lowest BCUT2D eigenvalue weighted by atomic mass is 10.1. The Labute approximate surface area is 113 Å². The van der Waals surface area contributed by atoms with Gasteiger partial charge in [0.15, 0.2) is 0 Å². The standard InChI is InChI=1S/C14H18N2O2S/c1-10-9-14(12(15)7-8-19(2,17)18)16-13-6-4-3-5-11(10)13/h3-6,9,12H,7-8,15H2,1-2H3. The molecule has 1 atom stereocenters. The van der Waals surface area contributed by atoms with Crippen molar-refractivity contribution in [3.8, 4) is 0 Å². The van der Waals surface area contributed by atoms with E-state index in [9.17, 15) is 8.42 Å². The molecule has 19 heavy (non-hydrogen) atoms. The number of pyridine rings is 1. The highest BCUT2D eigenvalue weighted by Gasteiger charge is 2.13. The summed E-state index contributed by atoms with van der Waals surface area (Å²) in [7, 11) is -2.99. The number of rotatable bonds is 4. The highest BCUT2D eigenvalue weighted by Crippen LogP contribution is 2.21. The summed E-state index contributed by atoms with van der Waals surface area (Å²) in [6.45, 7) is 2.01. The SMILES string of the molecule is Cc1cc(C(N)CCS(C)(=O)=O)nc2ccccc12. The molecule has 0 amide bonds. The molecule has 1 heterocycles. The van der Waals surface area contributed by atoms with Gasteiger partial charge in [0.25, 0.3) is 0 Å². The highest BCUT2D eigenvalue weighted by molar-refractivity contribution is 7.90. The van der Waals surface area contributed by atoms with E-state index in [-0.39, 0.29) is 11.8 Å². The fraction of sp³-hybridized carbons (Fsp3) is 0.357. The quantitative estimate of drug-likeness (QED) is 0.928. The lowest BCUT2D eigenvalue weighted by Crippen LogP contribution is -2.17. The van der Waals surface area contributed by atoms with Gasteiger partial charge >= 0.3 is 0 Å². The summed E-state index contributed by atoms with van der Waals surface area (Å²) < 4.78 is 22.3. The molecule has 0 aliphatic carbocycles. The Morgan fingerprint density at radius 1 is 1.32 bits per heavy atom. The first-order valence-corrected chi connectivity index (χ1v) is 8.22. The van der Waals surface area contributed by atoms with Gasteiger partial charge in [-0.2, -0.15) is 0 Å². The third-order valence-corrected chi connectivity index (χ3v) is 4.10. The van der Waals surface area contributed by atoms with E-state index in [0.29, 0.717) is 6.42 Å². The largest absolute Gasteiger partial charge is 0.323 e. The van der Waals surface area contributed by atoms with Crippen molar-refractivity contribution in [1.82, 2.24) is 4.98 Å². The number of hydrogen-bond donors (Lipinski definition) is 1. The predicted octanol–water partition coefficient (Wildman–Crippen LogP) is 1.98. The van der Waals surface area contributed by atoms with E-state index in [1.807, 2.05) is 37.3 Å². The van der Waals surface area contributed by atoms with Crippen LogP contribution in [0.25, 0.3) is 10.9 Å². The van der Waals surface area contributed by atoms with Crippen LogP contribution in [-0.2, 0) is 9.84 Å². The first-order valence-electron chi connectivity index (χ1n) is 6.16. The molecule has 0 saturated carbocycles. The molecule has 0 aliphatic rings. The maximum atomic E-state index is 11.2. The Morgan fingerprint density at radius 2 is 2.00 bits per heavy atom. The molecule has 0 bridgehead atoms. The van der Waals surface area contributed by atoms with E-state index in [0.717, 1.165) is 22.2 Å². The summed E-state index contributed by atoms with van der Waals surface area (Å²) in [6.07, 6.45) is 1.61. The summed E-state index contributed by atoms with van der Waals surface area (Å²) in [5.41, 5.74) is 8.79. The van der Waals surface area contributed by atoms with Crippen molar-refractivity contribution in [3.63, 3.8) is 0 Å². The minimum absolute atomic E-state index is 0.0850. The number of sulfone groups is 1. The van der Waals surface area contributed by atoms with E-state index in [1.165, 1.54) is 6.26 Å². The van der Waals surface area contributed by atoms with Crippen LogP contribution in [0, 0.1) is 6.92 Å². The molecular weight excluding hydrogens is 260 g/mol. The fourth-order valence-electron chi connectivity index (χ4n) is 2.05. The molecule has 4 nitrogen and oxygen atoms in total. The van der Waals surface area contributed by atoms with Gasteiger partial charge in [-0.3, -0.25) is 4.98 Å². The van der Waals surface area contributed by atoms with E-state index in [4.69, 9.17) is 5.73 Å². The Hall–Kier alpha value is -1.46. The van der Waals surface area contributed by atoms with Gasteiger partial charge in [-0.05, 0) is 31.0 Å². The predicted molar refractivity (Wildman–Crippen MR) is 77.7 cm³/mol. The maximum absolute atomic E-state index is 11.2. The number of aryl methyl sites for hydroxylation is 1. The molecule has 0 radical (unpaired) electrons. The van der Waals surface area contributed by atoms with Crippen molar-refractivity contribution in [2.75, 3.05) is 12.0 Å². The summed E-state index contributed by atoms with van der Waals surface area (Å²) in [4.78, 5) is 4.52. The number of para-hydroxylation sites is 1. The van der Waals surface area contributed by atoms with Crippen LogP contribution in [-0.4, -0.2) is 25.4 Å². The number of fused-ring (bicyclic) bond motifs is 1. The summed E-state index contributed by atoms with van der Waals surface area (Å²) in [6, 6.07) is 9.45. The monoisotopic (exact) mass is 278 g/mol. The first kappa shape index (κ1) is 14.0. The van der Waals surface area contributed by atoms with Gasteiger partial charge in [-0.25, -0.2) is 8.42 Å². The van der Waals surface area contributed by atoms with Crippen LogP contribution in [0.4, 0.5) is 0 Å². The number of nitrogens with two attached hydrogens (primary N) is 1. The molecule has 1 unspecified atom stereocenters.